The van der Waals surface area contributed by atoms with Crippen molar-refractivity contribution in [2.45, 2.75) is 5.92 Å². The Hall–Kier alpha value is -0.310. The Morgan fingerprint density at radius 2 is 2.00 bits per heavy atom. The van der Waals surface area contributed by atoms with Crippen LogP contribution in [0.4, 0.5) is 8.78 Å². The molecule has 0 amide bonds. The first-order chi connectivity index (χ1) is 3.60. The summed E-state index contributed by atoms with van der Waals surface area (Å²) in [5, 5.41) is -0.472. The molecule has 0 radical (unpaired) electrons. The van der Waals surface area contributed by atoms with Crippen molar-refractivity contribution in [2.75, 3.05) is 7.11 Å². The minimum absolute atomic E-state index is 0.404. The van der Waals surface area contributed by atoms with Crippen LogP contribution in [0.2, 0.25) is 0 Å². The molecule has 0 N–H and O–H groups in total. The number of rotatable bonds is 1. The smallest absolute Gasteiger partial charge is 0.344 e. The Balaban J connectivity index is 2.61. The number of methoxy groups -OCH3 is 1. The first-order valence-corrected chi connectivity index (χ1v) is 2.31. The number of hydrogen-bond acceptors (Lipinski definition) is 1. The fourth-order valence-electron chi connectivity index (χ4n) is 0.408. The van der Waals surface area contributed by atoms with E-state index in [1.807, 2.05) is 0 Å². The first-order valence-electron chi connectivity index (χ1n) is 1.93. The maximum Gasteiger partial charge on any atom is 0.344 e. The minimum Gasteiger partial charge on any atom is -0.493 e. The van der Waals surface area contributed by atoms with Gasteiger partial charge in [-0.3, -0.25) is 0 Å². The average molecular weight is 141 g/mol. The fraction of sp³-hybridized carbons (Fsp3) is 0.500. The minimum atomic E-state index is -2.95. The summed E-state index contributed by atoms with van der Waals surface area (Å²) in [6.07, 6.45) is 0. The van der Waals surface area contributed by atoms with Gasteiger partial charge in [-0.2, -0.15) is 8.78 Å². The van der Waals surface area contributed by atoms with Crippen LogP contribution in [0.1, 0.15) is 0 Å². The van der Waals surface area contributed by atoms with Gasteiger partial charge in [-0.25, -0.2) is 0 Å². The van der Waals surface area contributed by atoms with Crippen LogP contribution >= 0.6 is 11.6 Å². The Kier molecular flexibility index (Phi) is 0.979. The van der Waals surface area contributed by atoms with Crippen molar-refractivity contribution in [1.82, 2.24) is 0 Å². The molecule has 0 atom stereocenters. The third-order valence-electron chi connectivity index (χ3n) is 0.902. The SMILES string of the molecule is COC1=C(Cl)C1(F)F. The molecule has 0 aliphatic heterocycles. The van der Waals surface area contributed by atoms with Crippen LogP contribution < -0.4 is 0 Å². The van der Waals surface area contributed by atoms with Gasteiger partial charge in [0.2, 0.25) is 0 Å². The van der Waals surface area contributed by atoms with E-state index in [1.54, 1.807) is 0 Å². The van der Waals surface area contributed by atoms with Crippen molar-refractivity contribution >= 4 is 11.6 Å². The number of hydrogen-bond donors (Lipinski definition) is 0. The number of ether oxygens (including phenoxy) is 1. The summed E-state index contributed by atoms with van der Waals surface area (Å²) >= 11 is 4.95. The summed E-state index contributed by atoms with van der Waals surface area (Å²) < 4.78 is 27.9. The van der Waals surface area contributed by atoms with E-state index in [4.69, 9.17) is 11.6 Å². The molecule has 0 spiro atoms. The van der Waals surface area contributed by atoms with Gasteiger partial charge in [0, 0.05) is 0 Å². The molecule has 0 aromatic rings. The molecule has 0 saturated carbocycles. The Labute approximate surface area is 49.9 Å². The van der Waals surface area contributed by atoms with E-state index in [0.29, 0.717) is 0 Å². The van der Waals surface area contributed by atoms with Gasteiger partial charge in [0.05, 0.1) is 7.11 Å². The second-order valence-corrected chi connectivity index (χ2v) is 1.80. The Morgan fingerprint density at radius 3 is 2.00 bits per heavy atom. The van der Waals surface area contributed by atoms with Crippen molar-refractivity contribution < 1.29 is 13.5 Å². The molecule has 4 heteroatoms. The van der Waals surface area contributed by atoms with E-state index in [1.165, 1.54) is 7.11 Å². The van der Waals surface area contributed by atoms with Crippen molar-refractivity contribution in [3.05, 3.63) is 10.8 Å². The van der Waals surface area contributed by atoms with E-state index in [-0.39, 0.29) is 0 Å². The Bertz CT molecular complexity index is 152. The first kappa shape index (κ1) is 5.82. The monoisotopic (exact) mass is 140 g/mol. The largest absolute Gasteiger partial charge is 0.493 e. The molecule has 0 saturated heterocycles. The summed E-state index contributed by atoms with van der Waals surface area (Å²) in [5.74, 6) is -3.35. The number of halogens is 3. The molecular weight excluding hydrogens is 137 g/mol. The van der Waals surface area contributed by atoms with E-state index in [2.05, 4.69) is 4.74 Å². The highest BCUT2D eigenvalue weighted by Crippen LogP contribution is 2.51. The second-order valence-electron chi connectivity index (χ2n) is 1.42. The predicted molar refractivity (Wildman–Crippen MR) is 24.8 cm³/mol. The van der Waals surface area contributed by atoms with Gasteiger partial charge < -0.3 is 4.74 Å². The molecule has 0 aromatic heterocycles. The van der Waals surface area contributed by atoms with E-state index in [0.717, 1.165) is 0 Å². The highest BCUT2D eigenvalue weighted by Gasteiger charge is 2.58. The van der Waals surface area contributed by atoms with Gasteiger partial charge in [-0.15, -0.1) is 0 Å². The molecule has 1 rings (SSSR count). The quantitative estimate of drug-likeness (QED) is 0.539. The molecular formula is C4H3ClF2O. The van der Waals surface area contributed by atoms with E-state index >= 15 is 0 Å². The van der Waals surface area contributed by atoms with Crippen molar-refractivity contribution in [3.8, 4) is 0 Å². The van der Waals surface area contributed by atoms with Gasteiger partial charge in [0.1, 0.15) is 5.03 Å². The van der Waals surface area contributed by atoms with Gasteiger partial charge in [-0.05, 0) is 0 Å². The van der Waals surface area contributed by atoms with E-state index < -0.39 is 16.7 Å². The van der Waals surface area contributed by atoms with Crippen LogP contribution in [-0.2, 0) is 4.74 Å². The number of alkyl halides is 2. The van der Waals surface area contributed by atoms with Crippen LogP contribution in [0.3, 0.4) is 0 Å². The molecule has 0 unspecified atom stereocenters. The molecule has 46 valence electrons. The highest BCUT2D eigenvalue weighted by atomic mass is 35.5. The van der Waals surface area contributed by atoms with E-state index in [9.17, 15) is 8.78 Å². The molecule has 1 aliphatic rings. The average Bonchev–Trinajstić information content (AvgIpc) is 2.09. The maximum absolute atomic E-state index is 11.9. The van der Waals surface area contributed by atoms with Gasteiger partial charge in [-0.1, -0.05) is 11.6 Å². The standard InChI is InChI=1S/C4H3ClF2O/c1-8-3-2(5)4(3,6)7/h1H3. The van der Waals surface area contributed by atoms with Crippen molar-refractivity contribution in [1.29, 1.82) is 0 Å². The lowest BCUT2D eigenvalue weighted by Crippen LogP contribution is -1.95. The summed E-state index contributed by atoms with van der Waals surface area (Å²) in [5.41, 5.74) is 0. The van der Waals surface area contributed by atoms with Gasteiger partial charge in [0.25, 0.3) is 0 Å². The normalized spacial score (nSPS) is 23.5. The molecule has 0 bridgehead atoms. The molecule has 0 fully saturated rings. The summed E-state index contributed by atoms with van der Waals surface area (Å²) in [6, 6.07) is 0. The van der Waals surface area contributed by atoms with Gasteiger partial charge >= 0.3 is 5.92 Å². The Morgan fingerprint density at radius 1 is 1.62 bits per heavy atom. The fourth-order valence-corrected chi connectivity index (χ4v) is 0.642. The van der Waals surface area contributed by atoms with Gasteiger partial charge in [0.15, 0.2) is 5.76 Å². The number of allylic oxidation sites excluding steroid dienone is 2. The zero-order chi connectivity index (χ0) is 6.36. The zero-order valence-corrected chi connectivity index (χ0v) is 4.80. The van der Waals surface area contributed by atoms with Crippen molar-refractivity contribution in [3.63, 3.8) is 0 Å². The van der Waals surface area contributed by atoms with Crippen LogP contribution in [0.5, 0.6) is 0 Å². The third kappa shape index (κ3) is 0.508. The lowest BCUT2D eigenvalue weighted by molar-refractivity contribution is 0.0906. The lowest BCUT2D eigenvalue weighted by atomic mass is 10.7. The molecule has 8 heavy (non-hydrogen) atoms. The molecule has 1 nitrogen and oxygen atoms in total. The molecule has 0 heterocycles. The maximum atomic E-state index is 11.9. The lowest BCUT2D eigenvalue weighted by Gasteiger charge is -1.91. The predicted octanol–water partition coefficient (Wildman–Crippen LogP) is 1.73. The summed E-state index contributed by atoms with van der Waals surface area (Å²) in [6.45, 7) is 0. The molecule has 0 aromatic carbocycles. The molecule has 1 aliphatic carbocycles. The highest BCUT2D eigenvalue weighted by molar-refractivity contribution is 6.34. The summed E-state index contributed by atoms with van der Waals surface area (Å²) in [7, 11) is 1.17. The van der Waals surface area contributed by atoms with Crippen LogP contribution in [-0.4, -0.2) is 13.0 Å². The third-order valence-corrected chi connectivity index (χ3v) is 1.31. The van der Waals surface area contributed by atoms with Crippen LogP contribution in [0.25, 0.3) is 0 Å². The zero-order valence-electron chi connectivity index (χ0n) is 4.04. The topological polar surface area (TPSA) is 9.23 Å². The van der Waals surface area contributed by atoms with Crippen molar-refractivity contribution in [2.24, 2.45) is 0 Å². The van der Waals surface area contributed by atoms with Crippen LogP contribution in [0, 0.1) is 0 Å². The van der Waals surface area contributed by atoms with Crippen LogP contribution in [0.15, 0.2) is 10.8 Å². The summed E-state index contributed by atoms with van der Waals surface area (Å²) in [4.78, 5) is 0. The second kappa shape index (κ2) is 1.35.